The number of rotatable bonds is 3. The predicted molar refractivity (Wildman–Crippen MR) is 43.6 cm³/mol. The normalized spacial score (nSPS) is 9.23. The van der Waals surface area contributed by atoms with Crippen LogP contribution in [0.5, 0.6) is 0 Å². The van der Waals surface area contributed by atoms with Crippen molar-refractivity contribution in [2.45, 2.75) is 6.42 Å². The summed E-state index contributed by atoms with van der Waals surface area (Å²) >= 11 is 0. The van der Waals surface area contributed by atoms with Crippen molar-refractivity contribution in [3.8, 4) is 6.07 Å². The zero-order valence-electron chi connectivity index (χ0n) is 7.19. The molecule has 68 valence electrons. The number of nitrogens with one attached hydrogen (secondary N) is 1. The van der Waals surface area contributed by atoms with Gasteiger partial charge in [0.2, 0.25) is 0 Å². The minimum atomic E-state index is -0.232. The van der Waals surface area contributed by atoms with Crippen molar-refractivity contribution in [3.63, 3.8) is 0 Å². The summed E-state index contributed by atoms with van der Waals surface area (Å²) in [5, 5.41) is 17.8. The van der Waals surface area contributed by atoms with Gasteiger partial charge in [-0.15, -0.1) is 0 Å². The van der Waals surface area contributed by atoms with Crippen molar-refractivity contribution in [1.82, 2.24) is 20.3 Å². The summed E-state index contributed by atoms with van der Waals surface area (Å²) < 4.78 is 0. The first-order chi connectivity index (χ1) is 6.25. The molecule has 1 rings (SSSR count). The number of aromatic amines is 1. The van der Waals surface area contributed by atoms with Crippen LogP contribution in [0.4, 0.5) is 0 Å². The maximum Gasteiger partial charge on any atom is 0.275 e. The van der Waals surface area contributed by atoms with Crippen LogP contribution < -0.4 is 0 Å². The van der Waals surface area contributed by atoms with E-state index in [1.165, 1.54) is 11.1 Å². The number of nitrogens with zero attached hydrogens (tertiary/aromatic N) is 4. The molecule has 6 heteroatoms. The number of amides is 1. The molecular weight excluding hydrogens is 170 g/mol. The van der Waals surface area contributed by atoms with Crippen molar-refractivity contribution in [1.29, 1.82) is 5.26 Å². The van der Waals surface area contributed by atoms with Gasteiger partial charge in [0.05, 0.1) is 18.7 Å². The maximum atomic E-state index is 11.4. The first kappa shape index (κ1) is 9.19. The van der Waals surface area contributed by atoms with E-state index in [1.807, 2.05) is 6.07 Å². The van der Waals surface area contributed by atoms with E-state index in [4.69, 9.17) is 5.26 Å². The summed E-state index contributed by atoms with van der Waals surface area (Å²) in [5.41, 5.74) is 0.264. The lowest BCUT2D eigenvalue weighted by Crippen LogP contribution is -2.27. The summed E-state index contributed by atoms with van der Waals surface area (Å²) in [6, 6.07) is 1.96. The van der Waals surface area contributed by atoms with Crippen LogP contribution in [0.15, 0.2) is 6.20 Å². The molecule has 0 atom stereocenters. The van der Waals surface area contributed by atoms with E-state index in [-0.39, 0.29) is 11.6 Å². The van der Waals surface area contributed by atoms with E-state index in [9.17, 15) is 4.79 Å². The smallest absolute Gasteiger partial charge is 0.275 e. The molecule has 1 aromatic heterocycles. The van der Waals surface area contributed by atoms with Crippen LogP contribution in [-0.4, -0.2) is 39.8 Å². The molecule has 1 heterocycles. The van der Waals surface area contributed by atoms with Crippen molar-refractivity contribution < 1.29 is 4.79 Å². The molecule has 13 heavy (non-hydrogen) atoms. The van der Waals surface area contributed by atoms with Gasteiger partial charge >= 0.3 is 0 Å². The third kappa shape index (κ3) is 2.27. The molecule has 0 aromatic carbocycles. The number of carbonyl (C=O) groups excluding carboxylic acids is 1. The monoisotopic (exact) mass is 179 g/mol. The second kappa shape index (κ2) is 4.21. The summed E-state index contributed by atoms with van der Waals surface area (Å²) in [6.45, 7) is 0.405. The lowest BCUT2D eigenvalue weighted by atomic mass is 10.3. The highest BCUT2D eigenvalue weighted by atomic mass is 16.2. The van der Waals surface area contributed by atoms with E-state index >= 15 is 0 Å². The zero-order valence-corrected chi connectivity index (χ0v) is 7.19. The molecule has 0 aliphatic carbocycles. The highest BCUT2D eigenvalue weighted by molar-refractivity contribution is 5.91. The SMILES string of the molecule is CN(CCC#N)C(=O)c1cn[nH]n1. The number of hydrogen-bond donors (Lipinski definition) is 1. The fourth-order valence-electron chi connectivity index (χ4n) is 0.819. The highest BCUT2D eigenvalue weighted by Gasteiger charge is 2.13. The van der Waals surface area contributed by atoms with E-state index < -0.39 is 0 Å². The van der Waals surface area contributed by atoms with Gasteiger partial charge in [-0.25, -0.2) is 0 Å². The van der Waals surface area contributed by atoms with Crippen molar-refractivity contribution in [2.24, 2.45) is 0 Å². The first-order valence-corrected chi connectivity index (χ1v) is 3.74. The van der Waals surface area contributed by atoms with Crippen LogP contribution in [-0.2, 0) is 0 Å². The summed E-state index contributed by atoms with van der Waals surface area (Å²) in [6.07, 6.45) is 1.67. The van der Waals surface area contributed by atoms with Crippen LogP contribution in [0.1, 0.15) is 16.9 Å². The largest absolute Gasteiger partial charge is 0.339 e. The third-order valence-corrected chi connectivity index (χ3v) is 1.54. The van der Waals surface area contributed by atoms with Crippen LogP contribution in [0.3, 0.4) is 0 Å². The Morgan fingerprint density at radius 1 is 1.85 bits per heavy atom. The Kier molecular flexibility index (Phi) is 2.97. The fourth-order valence-corrected chi connectivity index (χ4v) is 0.819. The number of aromatic nitrogens is 3. The molecule has 0 aliphatic heterocycles. The number of H-pyrrole nitrogens is 1. The summed E-state index contributed by atoms with van der Waals surface area (Å²) in [7, 11) is 1.62. The number of hydrogen-bond acceptors (Lipinski definition) is 4. The first-order valence-electron chi connectivity index (χ1n) is 3.74. The molecule has 0 fully saturated rings. The van der Waals surface area contributed by atoms with E-state index in [0.717, 1.165) is 0 Å². The van der Waals surface area contributed by atoms with Crippen LogP contribution in [0.2, 0.25) is 0 Å². The molecule has 0 radical (unpaired) electrons. The minimum absolute atomic E-state index is 0.232. The van der Waals surface area contributed by atoms with Gasteiger partial charge in [0.25, 0.3) is 5.91 Å². The number of nitriles is 1. The van der Waals surface area contributed by atoms with Gasteiger partial charge in [-0.2, -0.15) is 20.7 Å². The van der Waals surface area contributed by atoms with Crippen molar-refractivity contribution in [2.75, 3.05) is 13.6 Å². The standard InChI is InChI=1S/C7H9N5O/c1-12(4-2-3-8)7(13)6-5-9-11-10-6/h5H,2,4H2,1H3,(H,9,10,11). The van der Waals surface area contributed by atoms with Gasteiger partial charge in [-0.3, -0.25) is 4.79 Å². The fraction of sp³-hybridized carbons (Fsp3) is 0.429. The highest BCUT2D eigenvalue weighted by Crippen LogP contribution is 1.96. The molecule has 1 aromatic rings. The second-order valence-electron chi connectivity index (χ2n) is 2.49. The Balaban J connectivity index is 2.54. The molecule has 6 nitrogen and oxygen atoms in total. The Labute approximate surface area is 75.2 Å². The molecular formula is C7H9N5O. The lowest BCUT2D eigenvalue weighted by molar-refractivity contribution is 0.0792. The topological polar surface area (TPSA) is 85.7 Å². The minimum Gasteiger partial charge on any atom is -0.339 e. The van der Waals surface area contributed by atoms with E-state index in [2.05, 4.69) is 15.4 Å². The summed E-state index contributed by atoms with van der Waals surface area (Å²) in [4.78, 5) is 12.8. The average Bonchev–Trinajstić information content (AvgIpc) is 2.65. The molecule has 0 saturated carbocycles. The molecule has 0 saturated heterocycles. The molecule has 1 amide bonds. The summed E-state index contributed by atoms with van der Waals surface area (Å²) in [5.74, 6) is -0.232. The van der Waals surface area contributed by atoms with E-state index in [1.54, 1.807) is 7.05 Å². The number of carbonyl (C=O) groups is 1. The van der Waals surface area contributed by atoms with Crippen LogP contribution in [0, 0.1) is 11.3 Å². The Hall–Kier alpha value is -1.90. The molecule has 0 bridgehead atoms. The zero-order chi connectivity index (χ0) is 9.68. The lowest BCUT2D eigenvalue weighted by Gasteiger charge is -2.12. The van der Waals surface area contributed by atoms with Gasteiger partial charge < -0.3 is 4.90 Å². The molecule has 1 N–H and O–H groups in total. The van der Waals surface area contributed by atoms with Gasteiger partial charge in [0.15, 0.2) is 5.69 Å². The quantitative estimate of drug-likeness (QED) is 0.695. The maximum absolute atomic E-state index is 11.4. The van der Waals surface area contributed by atoms with Crippen molar-refractivity contribution >= 4 is 5.91 Å². The van der Waals surface area contributed by atoms with Gasteiger partial charge in [0, 0.05) is 13.6 Å². The predicted octanol–water partition coefficient (Wildman–Crippen LogP) is -0.210. The third-order valence-electron chi connectivity index (χ3n) is 1.54. The van der Waals surface area contributed by atoms with Crippen molar-refractivity contribution in [3.05, 3.63) is 11.9 Å². The Morgan fingerprint density at radius 2 is 2.62 bits per heavy atom. The Morgan fingerprint density at radius 3 is 3.15 bits per heavy atom. The Bertz CT molecular complexity index is 312. The molecule has 0 unspecified atom stereocenters. The van der Waals surface area contributed by atoms with Gasteiger partial charge in [0.1, 0.15) is 0 Å². The van der Waals surface area contributed by atoms with Crippen LogP contribution >= 0.6 is 0 Å². The van der Waals surface area contributed by atoms with Gasteiger partial charge in [-0.1, -0.05) is 0 Å². The average molecular weight is 179 g/mol. The molecule has 0 spiro atoms. The van der Waals surface area contributed by atoms with Crippen LogP contribution in [0.25, 0.3) is 0 Å². The van der Waals surface area contributed by atoms with E-state index in [0.29, 0.717) is 13.0 Å². The second-order valence-corrected chi connectivity index (χ2v) is 2.49. The molecule has 0 aliphatic rings. The van der Waals surface area contributed by atoms with Gasteiger partial charge in [-0.05, 0) is 0 Å².